The molecule has 0 aliphatic carbocycles. The van der Waals surface area contributed by atoms with Crippen LogP contribution in [0.2, 0.25) is 0 Å². The van der Waals surface area contributed by atoms with Crippen molar-refractivity contribution in [3.8, 4) is 0 Å². The third-order valence-electron chi connectivity index (χ3n) is 4.13. The summed E-state index contributed by atoms with van der Waals surface area (Å²) in [7, 11) is 0. The molecule has 2 N–H and O–H groups in total. The van der Waals surface area contributed by atoms with Crippen molar-refractivity contribution in [3.05, 3.63) is 47.0 Å². The van der Waals surface area contributed by atoms with E-state index >= 15 is 0 Å². The zero-order chi connectivity index (χ0) is 16.2. The molecule has 0 saturated heterocycles. The molecule has 122 valence electrons. The van der Waals surface area contributed by atoms with Crippen molar-refractivity contribution in [2.45, 2.75) is 45.3 Å². The van der Waals surface area contributed by atoms with E-state index < -0.39 is 0 Å². The number of hydrogen-bond donors (Lipinski definition) is 2. The Kier molecular flexibility index (Phi) is 4.71. The number of H-pyrrole nitrogens is 1. The number of carbonyl (C=O) groups excluding carboxylic acids is 1. The average Bonchev–Trinajstić information content (AvgIpc) is 2.96. The lowest BCUT2D eigenvalue weighted by atomic mass is 9.99. The number of hydrogen-bond acceptors (Lipinski definition) is 4. The molecule has 3 heterocycles. The Balaban J connectivity index is 1.55. The first kappa shape index (κ1) is 15.7. The fourth-order valence-electron chi connectivity index (χ4n) is 2.99. The monoisotopic (exact) mass is 314 g/mol. The predicted molar refractivity (Wildman–Crippen MR) is 86.1 cm³/mol. The minimum absolute atomic E-state index is 0.0468. The van der Waals surface area contributed by atoms with E-state index in [0.717, 1.165) is 30.5 Å². The molecule has 0 radical (unpaired) electrons. The minimum Gasteiger partial charge on any atom is -0.369 e. The molecule has 1 aliphatic rings. The largest absolute Gasteiger partial charge is 0.369 e. The first-order valence-corrected chi connectivity index (χ1v) is 8.05. The van der Waals surface area contributed by atoms with Gasteiger partial charge in [0.05, 0.1) is 17.9 Å². The molecule has 0 spiro atoms. The van der Waals surface area contributed by atoms with Crippen molar-refractivity contribution in [3.63, 3.8) is 0 Å². The molecule has 0 fully saturated rings. The van der Waals surface area contributed by atoms with Gasteiger partial charge in [0.2, 0.25) is 0 Å². The summed E-state index contributed by atoms with van der Waals surface area (Å²) in [5.74, 6) is -0.112. The van der Waals surface area contributed by atoms with Crippen LogP contribution in [0.3, 0.4) is 0 Å². The van der Waals surface area contributed by atoms with Crippen LogP contribution in [-0.2, 0) is 17.6 Å². The second-order valence-corrected chi connectivity index (χ2v) is 5.97. The number of carbonyl (C=O) groups is 1. The lowest BCUT2D eigenvalue weighted by Gasteiger charge is -2.25. The molecular formula is C17H22N4O2. The lowest BCUT2D eigenvalue weighted by molar-refractivity contribution is -0.00697. The molecular weight excluding hydrogens is 292 g/mol. The van der Waals surface area contributed by atoms with E-state index in [9.17, 15) is 4.79 Å². The summed E-state index contributed by atoms with van der Waals surface area (Å²) in [5, 5.41) is 10.1. The topological polar surface area (TPSA) is 79.9 Å². The summed E-state index contributed by atoms with van der Waals surface area (Å²) in [5.41, 5.74) is 3.64. The first-order chi connectivity index (χ1) is 11.1. The summed E-state index contributed by atoms with van der Waals surface area (Å²) >= 11 is 0. The number of fused-ring (bicyclic) bond motifs is 1. The predicted octanol–water partition coefficient (Wildman–Crippen LogP) is 2.19. The fourth-order valence-corrected chi connectivity index (χ4v) is 2.99. The summed E-state index contributed by atoms with van der Waals surface area (Å²) in [6.45, 7) is 4.62. The number of aromatic nitrogens is 3. The molecule has 6 heteroatoms. The lowest BCUT2D eigenvalue weighted by Crippen LogP contribution is -2.28. The van der Waals surface area contributed by atoms with E-state index in [1.165, 1.54) is 5.56 Å². The molecule has 3 rings (SSSR count). The molecule has 2 aromatic rings. The Hall–Kier alpha value is -2.21. The first-order valence-electron chi connectivity index (χ1n) is 8.05. The Morgan fingerprint density at radius 2 is 2.17 bits per heavy atom. The van der Waals surface area contributed by atoms with Crippen LogP contribution >= 0.6 is 0 Å². The zero-order valence-corrected chi connectivity index (χ0v) is 13.5. The normalized spacial score (nSPS) is 20.1. The van der Waals surface area contributed by atoms with Crippen molar-refractivity contribution in [2.24, 2.45) is 0 Å². The number of pyridine rings is 1. The zero-order valence-electron chi connectivity index (χ0n) is 13.5. The highest BCUT2D eigenvalue weighted by atomic mass is 16.5. The number of nitrogens with one attached hydrogen (secondary N) is 2. The highest BCUT2D eigenvalue weighted by Crippen LogP contribution is 2.29. The van der Waals surface area contributed by atoms with E-state index in [1.54, 1.807) is 12.4 Å². The maximum atomic E-state index is 12.4. The van der Waals surface area contributed by atoms with Crippen LogP contribution in [0.5, 0.6) is 0 Å². The average molecular weight is 314 g/mol. The number of amides is 1. The third kappa shape index (κ3) is 3.59. The van der Waals surface area contributed by atoms with Crippen molar-refractivity contribution in [2.75, 3.05) is 6.54 Å². The van der Waals surface area contributed by atoms with Gasteiger partial charge in [-0.1, -0.05) is 0 Å². The second kappa shape index (κ2) is 6.91. The van der Waals surface area contributed by atoms with Gasteiger partial charge in [-0.25, -0.2) is 0 Å². The van der Waals surface area contributed by atoms with Gasteiger partial charge in [-0.2, -0.15) is 5.10 Å². The quantitative estimate of drug-likeness (QED) is 0.829. The van der Waals surface area contributed by atoms with Crippen molar-refractivity contribution in [1.29, 1.82) is 0 Å². The van der Waals surface area contributed by atoms with Gasteiger partial charge in [0.15, 0.2) is 5.69 Å². The van der Waals surface area contributed by atoms with Crippen LogP contribution in [0.4, 0.5) is 0 Å². The molecule has 6 nitrogen and oxygen atoms in total. The molecule has 2 atom stereocenters. The van der Waals surface area contributed by atoms with E-state index in [1.807, 2.05) is 26.0 Å². The Morgan fingerprint density at radius 3 is 2.96 bits per heavy atom. The van der Waals surface area contributed by atoms with E-state index in [0.29, 0.717) is 12.2 Å². The minimum atomic E-state index is -0.112. The molecule has 2 aromatic heterocycles. The van der Waals surface area contributed by atoms with Gasteiger partial charge in [0.1, 0.15) is 0 Å². The van der Waals surface area contributed by atoms with Gasteiger partial charge in [0.25, 0.3) is 5.91 Å². The Labute approximate surface area is 135 Å². The van der Waals surface area contributed by atoms with Crippen LogP contribution in [0, 0.1) is 0 Å². The van der Waals surface area contributed by atoms with Crippen LogP contribution < -0.4 is 5.32 Å². The molecule has 0 bridgehead atoms. The number of rotatable bonds is 5. The maximum absolute atomic E-state index is 12.4. The van der Waals surface area contributed by atoms with Crippen LogP contribution in [-0.4, -0.2) is 33.7 Å². The molecule has 1 aliphatic heterocycles. The van der Waals surface area contributed by atoms with Crippen LogP contribution in [0.25, 0.3) is 0 Å². The summed E-state index contributed by atoms with van der Waals surface area (Å²) in [4.78, 5) is 16.4. The van der Waals surface area contributed by atoms with Gasteiger partial charge >= 0.3 is 0 Å². The standard InChI is InChI=1S/C17H22N4O2/c1-11-10-14-15(12(2)23-11)20-21-16(14)17(22)19-7-3-4-13-5-8-18-9-6-13/h5-6,8-9,11-12H,3-4,7,10H2,1-2H3,(H,19,22)(H,20,21)/t11-,12+/m1/s1. The van der Waals surface area contributed by atoms with Crippen molar-refractivity contribution in [1.82, 2.24) is 20.5 Å². The smallest absolute Gasteiger partial charge is 0.272 e. The van der Waals surface area contributed by atoms with Gasteiger partial charge in [-0.3, -0.25) is 14.9 Å². The van der Waals surface area contributed by atoms with Gasteiger partial charge in [-0.15, -0.1) is 0 Å². The number of ether oxygens (including phenoxy) is 1. The third-order valence-corrected chi connectivity index (χ3v) is 4.13. The second-order valence-electron chi connectivity index (χ2n) is 5.97. The Morgan fingerprint density at radius 1 is 1.39 bits per heavy atom. The maximum Gasteiger partial charge on any atom is 0.272 e. The molecule has 0 aromatic carbocycles. The SMILES string of the molecule is C[C@@H]1Cc2c(C(=O)NCCCc3ccncc3)n[nH]c2[C@H](C)O1. The van der Waals surface area contributed by atoms with Crippen molar-refractivity contribution >= 4 is 5.91 Å². The van der Waals surface area contributed by atoms with Gasteiger partial charge < -0.3 is 10.1 Å². The van der Waals surface area contributed by atoms with Crippen LogP contribution in [0.15, 0.2) is 24.5 Å². The number of aromatic amines is 1. The Bertz CT molecular complexity index is 668. The van der Waals surface area contributed by atoms with Gasteiger partial charge in [-0.05, 0) is 44.4 Å². The molecule has 23 heavy (non-hydrogen) atoms. The summed E-state index contributed by atoms with van der Waals surface area (Å²) in [6.07, 6.45) is 6.16. The fraction of sp³-hybridized carbons (Fsp3) is 0.471. The molecule has 0 saturated carbocycles. The van der Waals surface area contributed by atoms with E-state index in [-0.39, 0.29) is 18.1 Å². The summed E-state index contributed by atoms with van der Waals surface area (Å²) in [6, 6.07) is 3.99. The molecule has 1 amide bonds. The highest BCUT2D eigenvalue weighted by Gasteiger charge is 2.29. The number of aryl methyl sites for hydroxylation is 1. The highest BCUT2D eigenvalue weighted by molar-refractivity contribution is 5.94. The van der Waals surface area contributed by atoms with E-state index in [2.05, 4.69) is 20.5 Å². The van der Waals surface area contributed by atoms with Crippen molar-refractivity contribution < 1.29 is 9.53 Å². The number of nitrogens with zero attached hydrogens (tertiary/aromatic N) is 2. The van der Waals surface area contributed by atoms with Crippen LogP contribution in [0.1, 0.15) is 53.7 Å². The van der Waals surface area contributed by atoms with E-state index in [4.69, 9.17) is 4.74 Å². The summed E-state index contributed by atoms with van der Waals surface area (Å²) < 4.78 is 5.75. The molecule has 0 unspecified atom stereocenters. The van der Waals surface area contributed by atoms with Gasteiger partial charge in [0, 0.05) is 30.9 Å².